The molecule has 0 aromatic heterocycles. The van der Waals surface area contributed by atoms with Crippen LogP contribution in [0.1, 0.15) is 32.7 Å². The number of aryl methyl sites for hydroxylation is 1. The van der Waals surface area contributed by atoms with Crippen LogP contribution in [0.3, 0.4) is 0 Å². The molecule has 7 nitrogen and oxygen atoms in total. The van der Waals surface area contributed by atoms with Crippen LogP contribution in [0.2, 0.25) is 0 Å². The fourth-order valence-corrected chi connectivity index (χ4v) is 5.55. The zero-order valence-corrected chi connectivity index (χ0v) is 19.2. The maximum atomic E-state index is 13.2. The predicted octanol–water partition coefficient (Wildman–Crippen LogP) is 4.54. The summed E-state index contributed by atoms with van der Waals surface area (Å²) in [6.45, 7) is 0.392. The van der Waals surface area contributed by atoms with Gasteiger partial charge >= 0.3 is 5.97 Å². The lowest BCUT2D eigenvalue weighted by Gasteiger charge is -2.30. The third-order valence-corrected chi connectivity index (χ3v) is 7.55. The second-order valence-corrected chi connectivity index (χ2v) is 10.1. The molecule has 1 aliphatic heterocycles. The second kappa shape index (κ2) is 8.76. The molecular formula is C23H19BrN2O5S. The highest BCUT2D eigenvalue weighted by atomic mass is 79.9. The lowest BCUT2D eigenvalue weighted by molar-refractivity contribution is 0.0698. The van der Waals surface area contributed by atoms with Gasteiger partial charge in [0.2, 0.25) is 0 Å². The van der Waals surface area contributed by atoms with Crippen molar-refractivity contribution in [2.45, 2.75) is 17.7 Å². The summed E-state index contributed by atoms with van der Waals surface area (Å²) in [5, 5.41) is 11.9. The number of hydrogen-bond donors (Lipinski definition) is 2. The third kappa shape index (κ3) is 4.26. The number of halogens is 1. The van der Waals surface area contributed by atoms with Crippen molar-refractivity contribution in [3.63, 3.8) is 0 Å². The van der Waals surface area contributed by atoms with Crippen LogP contribution in [0.25, 0.3) is 0 Å². The highest BCUT2D eigenvalue weighted by Crippen LogP contribution is 2.32. The lowest BCUT2D eigenvalue weighted by Crippen LogP contribution is -2.35. The molecule has 0 unspecified atom stereocenters. The van der Waals surface area contributed by atoms with Crippen molar-refractivity contribution in [2.24, 2.45) is 0 Å². The van der Waals surface area contributed by atoms with E-state index in [1.54, 1.807) is 12.1 Å². The number of sulfonamides is 1. The largest absolute Gasteiger partial charge is 0.478 e. The number of carbonyl (C=O) groups excluding carboxylic acids is 1. The SMILES string of the molecule is O=C(Nc1ccc(Br)cc1C(=O)O)c1ccc(S(=O)(=O)N2CCCc3ccccc32)cc1. The molecule has 1 heterocycles. The number of anilines is 2. The zero-order chi connectivity index (χ0) is 22.9. The molecule has 32 heavy (non-hydrogen) atoms. The molecule has 3 aromatic carbocycles. The van der Waals surface area contributed by atoms with E-state index in [1.165, 1.54) is 40.7 Å². The summed E-state index contributed by atoms with van der Waals surface area (Å²) in [6, 6.07) is 17.5. The van der Waals surface area contributed by atoms with Crippen LogP contribution in [0.4, 0.5) is 11.4 Å². The van der Waals surface area contributed by atoms with Crippen molar-refractivity contribution >= 4 is 49.2 Å². The number of hydrogen-bond acceptors (Lipinski definition) is 4. The Hall–Kier alpha value is -3.17. The molecule has 4 rings (SSSR count). The average molecular weight is 515 g/mol. The number of carboxylic acid groups (broad SMARTS) is 1. The van der Waals surface area contributed by atoms with Gasteiger partial charge < -0.3 is 10.4 Å². The third-order valence-electron chi connectivity index (χ3n) is 5.23. The number of benzene rings is 3. The molecule has 1 amide bonds. The number of rotatable bonds is 5. The van der Waals surface area contributed by atoms with Crippen LogP contribution < -0.4 is 9.62 Å². The van der Waals surface area contributed by atoms with Gasteiger partial charge in [-0.25, -0.2) is 13.2 Å². The van der Waals surface area contributed by atoms with Crippen LogP contribution in [0.15, 0.2) is 76.1 Å². The van der Waals surface area contributed by atoms with Crippen molar-refractivity contribution in [3.8, 4) is 0 Å². The monoisotopic (exact) mass is 514 g/mol. The van der Waals surface area contributed by atoms with E-state index < -0.39 is 21.9 Å². The van der Waals surface area contributed by atoms with Crippen LogP contribution in [-0.2, 0) is 16.4 Å². The molecule has 2 N–H and O–H groups in total. The average Bonchev–Trinajstić information content (AvgIpc) is 2.79. The maximum Gasteiger partial charge on any atom is 0.337 e. The minimum atomic E-state index is -3.78. The molecule has 164 valence electrons. The Balaban J connectivity index is 1.58. The number of fused-ring (bicyclic) bond motifs is 1. The Morgan fingerprint density at radius 1 is 1.00 bits per heavy atom. The van der Waals surface area contributed by atoms with Gasteiger partial charge in [-0.3, -0.25) is 9.10 Å². The van der Waals surface area contributed by atoms with E-state index in [2.05, 4.69) is 21.2 Å². The van der Waals surface area contributed by atoms with Gasteiger partial charge in [0.25, 0.3) is 15.9 Å². The smallest absolute Gasteiger partial charge is 0.337 e. The van der Waals surface area contributed by atoms with Gasteiger partial charge in [0.15, 0.2) is 0 Å². The highest BCUT2D eigenvalue weighted by Gasteiger charge is 2.29. The van der Waals surface area contributed by atoms with E-state index in [0.717, 1.165) is 18.4 Å². The first-order chi connectivity index (χ1) is 15.3. The number of nitrogens with zero attached hydrogens (tertiary/aromatic N) is 1. The summed E-state index contributed by atoms with van der Waals surface area (Å²) in [4.78, 5) is 24.1. The summed E-state index contributed by atoms with van der Waals surface area (Å²) in [7, 11) is -3.78. The van der Waals surface area contributed by atoms with Gasteiger partial charge in [-0.1, -0.05) is 34.1 Å². The van der Waals surface area contributed by atoms with Gasteiger partial charge in [0, 0.05) is 16.6 Å². The number of amides is 1. The molecule has 0 radical (unpaired) electrons. The molecule has 0 aliphatic carbocycles. The van der Waals surface area contributed by atoms with Gasteiger partial charge in [0.1, 0.15) is 0 Å². The van der Waals surface area contributed by atoms with E-state index in [4.69, 9.17) is 0 Å². The summed E-state index contributed by atoms with van der Waals surface area (Å²) >= 11 is 3.21. The van der Waals surface area contributed by atoms with Crippen molar-refractivity contribution in [2.75, 3.05) is 16.2 Å². The number of nitrogens with one attached hydrogen (secondary N) is 1. The molecular weight excluding hydrogens is 496 g/mol. The minimum Gasteiger partial charge on any atom is -0.478 e. The van der Waals surface area contributed by atoms with Crippen LogP contribution >= 0.6 is 15.9 Å². The van der Waals surface area contributed by atoms with Gasteiger partial charge in [-0.05, 0) is 66.9 Å². The zero-order valence-electron chi connectivity index (χ0n) is 16.8. The van der Waals surface area contributed by atoms with Crippen molar-refractivity contribution in [1.29, 1.82) is 0 Å². The second-order valence-electron chi connectivity index (χ2n) is 7.28. The first-order valence-electron chi connectivity index (χ1n) is 9.82. The van der Waals surface area contributed by atoms with Crippen LogP contribution in [0, 0.1) is 0 Å². The van der Waals surface area contributed by atoms with Gasteiger partial charge in [0.05, 0.1) is 21.8 Å². The maximum absolute atomic E-state index is 13.2. The van der Waals surface area contributed by atoms with Crippen LogP contribution in [0.5, 0.6) is 0 Å². The Labute approximate surface area is 193 Å². The lowest BCUT2D eigenvalue weighted by atomic mass is 10.0. The molecule has 0 saturated carbocycles. The Kier molecular flexibility index (Phi) is 6.03. The van der Waals surface area contributed by atoms with Crippen molar-refractivity contribution < 1.29 is 23.1 Å². The van der Waals surface area contributed by atoms with E-state index in [9.17, 15) is 23.1 Å². The highest BCUT2D eigenvalue weighted by molar-refractivity contribution is 9.10. The Morgan fingerprint density at radius 3 is 2.44 bits per heavy atom. The standard InChI is InChI=1S/C23H19BrN2O5S/c24-17-9-12-20(19(14-17)23(28)29)25-22(27)16-7-10-18(11-8-16)32(30,31)26-13-3-5-15-4-1-2-6-21(15)26/h1-2,4,6-12,14H,3,5,13H2,(H,25,27)(H,28,29). The topological polar surface area (TPSA) is 104 Å². The summed E-state index contributed by atoms with van der Waals surface area (Å²) in [5.74, 6) is -1.72. The van der Waals surface area contributed by atoms with E-state index in [0.29, 0.717) is 16.7 Å². The Bertz CT molecular complexity index is 1310. The van der Waals surface area contributed by atoms with Crippen molar-refractivity contribution in [1.82, 2.24) is 0 Å². The van der Waals surface area contributed by atoms with Crippen LogP contribution in [-0.4, -0.2) is 31.9 Å². The number of para-hydroxylation sites is 1. The first kappa shape index (κ1) is 22.0. The number of carboxylic acids is 1. The molecule has 0 saturated heterocycles. The Morgan fingerprint density at radius 2 is 1.72 bits per heavy atom. The fraction of sp³-hybridized carbons (Fsp3) is 0.130. The van der Waals surface area contributed by atoms with Gasteiger partial charge in [-0.15, -0.1) is 0 Å². The van der Waals surface area contributed by atoms with E-state index >= 15 is 0 Å². The molecule has 0 bridgehead atoms. The molecule has 0 fully saturated rings. The summed E-state index contributed by atoms with van der Waals surface area (Å²) in [5.41, 5.74) is 1.96. The minimum absolute atomic E-state index is 0.0595. The normalized spacial score (nSPS) is 13.3. The number of carbonyl (C=O) groups is 2. The molecule has 1 aliphatic rings. The number of aromatic carboxylic acids is 1. The summed E-state index contributed by atoms with van der Waals surface area (Å²) < 4.78 is 28.4. The van der Waals surface area contributed by atoms with E-state index in [-0.39, 0.29) is 21.7 Å². The molecule has 0 spiro atoms. The van der Waals surface area contributed by atoms with Gasteiger partial charge in [-0.2, -0.15) is 0 Å². The molecule has 0 atom stereocenters. The van der Waals surface area contributed by atoms with Crippen molar-refractivity contribution in [3.05, 3.63) is 87.9 Å². The molecule has 9 heteroatoms. The first-order valence-corrected chi connectivity index (χ1v) is 12.1. The predicted molar refractivity (Wildman–Crippen MR) is 125 cm³/mol. The summed E-state index contributed by atoms with van der Waals surface area (Å²) in [6.07, 6.45) is 1.56. The fourth-order valence-electron chi connectivity index (χ4n) is 3.65. The van der Waals surface area contributed by atoms with E-state index in [1.807, 2.05) is 18.2 Å². The molecule has 3 aromatic rings. The quantitative estimate of drug-likeness (QED) is 0.520.